The van der Waals surface area contributed by atoms with E-state index in [0.29, 0.717) is 4.32 Å². The minimum atomic E-state index is 0.703. The monoisotopic (exact) mass is 328 g/mol. The molecule has 0 aromatic carbocycles. The quantitative estimate of drug-likeness (QED) is 0.391. The van der Waals surface area contributed by atoms with E-state index in [0.717, 1.165) is 24.9 Å². The van der Waals surface area contributed by atoms with Crippen LogP contribution in [0.4, 0.5) is 0 Å². The van der Waals surface area contributed by atoms with Crippen LogP contribution >= 0.6 is 24.8 Å². The molecule has 0 spiro atoms. The van der Waals surface area contributed by atoms with Crippen molar-refractivity contribution < 1.29 is 0 Å². The van der Waals surface area contributed by atoms with Gasteiger partial charge in [0.15, 0.2) is 0 Å². The van der Waals surface area contributed by atoms with Gasteiger partial charge in [0.05, 0.1) is 0 Å². The summed E-state index contributed by atoms with van der Waals surface area (Å²) in [5.41, 5.74) is 3.52. The fourth-order valence-electron chi connectivity index (χ4n) is 3.91. The van der Waals surface area contributed by atoms with Gasteiger partial charge in [-0.25, -0.2) is 5.43 Å². The van der Waals surface area contributed by atoms with Crippen molar-refractivity contribution in [1.29, 1.82) is 0 Å². The molecule has 2 aliphatic rings. The number of hydrogen-bond acceptors (Lipinski definition) is 2. The lowest BCUT2D eigenvalue weighted by molar-refractivity contribution is 0.244. The zero-order valence-corrected chi connectivity index (χ0v) is 15.1. The number of hydrogen-bond donors (Lipinski definition) is 2. The minimum absolute atomic E-state index is 0.703. The van der Waals surface area contributed by atoms with E-state index in [1.807, 2.05) is 0 Å². The largest absolute Gasteiger partial charge is 0.293 e. The Bertz CT molecular complexity index is 297. The Labute approximate surface area is 141 Å². The molecule has 0 aromatic rings. The van der Waals surface area contributed by atoms with E-state index in [4.69, 9.17) is 12.2 Å². The van der Waals surface area contributed by atoms with Gasteiger partial charge in [-0.2, -0.15) is 0 Å². The highest BCUT2D eigenvalue weighted by molar-refractivity contribution is 8.10. The number of nitrogens with one attached hydrogen (secondary N) is 1. The SMILES string of the molecule is S=C(S)N(CCC1CCCCC1)NCCC1CCCCC1. The Morgan fingerprint density at radius 3 is 1.95 bits per heavy atom. The molecule has 122 valence electrons. The lowest BCUT2D eigenvalue weighted by Gasteiger charge is -2.29. The van der Waals surface area contributed by atoms with Crippen LogP contribution in [0.15, 0.2) is 0 Å². The second-order valence-electron chi connectivity index (χ2n) is 6.93. The van der Waals surface area contributed by atoms with Crippen LogP contribution in [0.25, 0.3) is 0 Å². The van der Waals surface area contributed by atoms with Crippen LogP contribution in [0.2, 0.25) is 0 Å². The molecule has 2 nitrogen and oxygen atoms in total. The second kappa shape index (κ2) is 10.1. The van der Waals surface area contributed by atoms with Crippen LogP contribution < -0.4 is 5.43 Å². The van der Waals surface area contributed by atoms with Gasteiger partial charge < -0.3 is 0 Å². The van der Waals surface area contributed by atoms with Crippen LogP contribution in [0.5, 0.6) is 0 Å². The number of hydrazine groups is 1. The van der Waals surface area contributed by atoms with Crippen LogP contribution in [0.1, 0.15) is 77.0 Å². The van der Waals surface area contributed by atoms with E-state index >= 15 is 0 Å². The van der Waals surface area contributed by atoms with Gasteiger partial charge >= 0.3 is 0 Å². The lowest BCUT2D eigenvalue weighted by atomic mass is 9.87. The summed E-state index contributed by atoms with van der Waals surface area (Å²) in [6.45, 7) is 2.08. The Hall–Kier alpha value is 0.200. The highest BCUT2D eigenvalue weighted by Gasteiger charge is 2.16. The number of rotatable bonds is 7. The zero-order valence-electron chi connectivity index (χ0n) is 13.4. The third kappa shape index (κ3) is 6.87. The highest BCUT2D eigenvalue weighted by Crippen LogP contribution is 2.27. The highest BCUT2D eigenvalue weighted by atomic mass is 32.1. The normalized spacial score (nSPS) is 21.4. The predicted molar refractivity (Wildman–Crippen MR) is 98.7 cm³/mol. The van der Waals surface area contributed by atoms with Crippen molar-refractivity contribution in [1.82, 2.24) is 10.4 Å². The van der Waals surface area contributed by atoms with Crippen molar-refractivity contribution in [2.45, 2.75) is 77.0 Å². The van der Waals surface area contributed by atoms with E-state index in [1.54, 1.807) is 0 Å². The lowest BCUT2D eigenvalue weighted by Crippen LogP contribution is -2.42. The maximum absolute atomic E-state index is 5.28. The van der Waals surface area contributed by atoms with E-state index in [1.165, 1.54) is 77.0 Å². The topological polar surface area (TPSA) is 15.3 Å². The molecule has 0 amide bonds. The average Bonchev–Trinajstić information content (AvgIpc) is 2.52. The van der Waals surface area contributed by atoms with Crippen molar-refractivity contribution in [3.8, 4) is 0 Å². The molecule has 0 saturated heterocycles. The van der Waals surface area contributed by atoms with Gasteiger partial charge in [-0.3, -0.25) is 5.01 Å². The first kappa shape index (κ1) is 17.6. The fraction of sp³-hybridized carbons (Fsp3) is 0.941. The third-order valence-electron chi connectivity index (χ3n) is 5.30. The Kier molecular flexibility index (Phi) is 8.41. The molecule has 21 heavy (non-hydrogen) atoms. The molecule has 2 saturated carbocycles. The molecule has 2 rings (SSSR count). The fourth-order valence-corrected chi connectivity index (χ4v) is 4.24. The Balaban J connectivity index is 1.62. The number of nitrogens with zero attached hydrogens (tertiary/aromatic N) is 1. The standard InChI is InChI=1S/C17H32N2S2/c20-17(21)19(14-12-16-9-5-2-6-10-16)18-13-11-15-7-3-1-4-8-15/h15-16,18H,1-14H2,(H,20,21). The molecule has 2 fully saturated rings. The van der Waals surface area contributed by atoms with Gasteiger partial charge in [0, 0.05) is 13.1 Å². The summed E-state index contributed by atoms with van der Waals surface area (Å²) in [4.78, 5) is 0. The van der Waals surface area contributed by atoms with Crippen molar-refractivity contribution in [3.05, 3.63) is 0 Å². The smallest absolute Gasteiger partial charge is 0.147 e. The molecule has 2 aliphatic carbocycles. The summed E-state index contributed by atoms with van der Waals surface area (Å²) in [7, 11) is 0. The molecule has 0 radical (unpaired) electrons. The molecule has 0 unspecified atom stereocenters. The van der Waals surface area contributed by atoms with Gasteiger partial charge in [-0.15, -0.1) is 12.6 Å². The van der Waals surface area contributed by atoms with Gasteiger partial charge in [0.1, 0.15) is 4.32 Å². The van der Waals surface area contributed by atoms with Crippen LogP contribution in [0.3, 0.4) is 0 Å². The maximum Gasteiger partial charge on any atom is 0.147 e. The van der Waals surface area contributed by atoms with Crippen LogP contribution in [-0.4, -0.2) is 22.4 Å². The molecule has 0 atom stereocenters. The summed E-state index contributed by atoms with van der Waals surface area (Å²) in [5.74, 6) is 1.84. The van der Waals surface area contributed by atoms with Gasteiger partial charge in [0.2, 0.25) is 0 Å². The first-order chi connectivity index (χ1) is 10.3. The molecule has 0 aliphatic heterocycles. The summed E-state index contributed by atoms with van der Waals surface area (Å²) >= 11 is 9.67. The summed E-state index contributed by atoms with van der Waals surface area (Å²) in [5, 5.41) is 2.11. The van der Waals surface area contributed by atoms with Crippen molar-refractivity contribution in [3.63, 3.8) is 0 Å². The first-order valence-corrected chi connectivity index (χ1v) is 9.85. The summed E-state index contributed by atoms with van der Waals surface area (Å²) < 4.78 is 0.703. The van der Waals surface area contributed by atoms with Crippen molar-refractivity contribution in [2.75, 3.05) is 13.1 Å². The average molecular weight is 329 g/mol. The maximum atomic E-state index is 5.28. The molecular weight excluding hydrogens is 296 g/mol. The second-order valence-corrected chi connectivity index (χ2v) is 8.04. The van der Waals surface area contributed by atoms with E-state index in [2.05, 4.69) is 23.1 Å². The minimum Gasteiger partial charge on any atom is -0.293 e. The van der Waals surface area contributed by atoms with E-state index in [9.17, 15) is 0 Å². The zero-order chi connectivity index (χ0) is 14.9. The third-order valence-corrected chi connectivity index (χ3v) is 5.76. The molecule has 1 N–H and O–H groups in total. The summed E-state index contributed by atoms with van der Waals surface area (Å²) in [6.07, 6.45) is 16.8. The molecular formula is C17H32N2S2. The Morgan fingerprint density at radius 1 is 0.905 bits per heavy atom. The Morgan fingerprint density at radius 2 is 1.43 bits per heavy atom. The van der Waals surface area contributed by atoms with Crippen molar-refractivity contribution >= 4 is 29.2 Å². The molecule has 0 bridgehead atoms. The van der Waals surface area contributed by atoms with Gasteiger partial charge in [-0.1, -0.05) is 76.4 Å². The molecule has 0 aromatic heterocycles. The number of thiol groups is 1. The van der Waals surface area contributed by atoms with E-state index < -0.39 is 0 Å². The first-order valence-electron chi connectivity index (χ1n) is 8.99. The van der Waals surface area contributed by atoms with Crippen molar-refractivity contribution in [2.24, 2.45) is 11.8 Å². The predicted octanol–water partition coefficient (Wildman–Crippen LogP) is 4.95. The molecule has 4 heteroatoms. The summed E-state index contributed by atoms with van der Waals surface area (Å²) in [6, 6.07) is 0. The van der Waals surface area contributed by atoms with E-state index in [-0.39, 0.29) is 0 Å². The van der Waals surface area contributed by atoms with Gasteiger partial charge in [-0.05, 0) is 24.7 Å². The van der Waals surface area contributed by atoms with Gasteiger partial charge in [0.25, 0.3) is 0 Å². The number of thiocarbonyl (C=S) groups is 1. The van der Waals surface area contributed by atoms with Crippen LogP contribution in [0, 0.1) is 11.8 Å². The molecule has 0 heterocycles. The van der Waals surface area contributed by atoms with Crippen LogP contribution in [-0.2, 0) is 0 Å².